The molecule has 0 aromatic heterocycles. The van der Waals surface area contributed by atoms with Crippen LogP contribution in [0.15, 0.2) is 23.1 Å². The Bertz CT molecular complexity index is 766. The number of amides is 1. The average Bonchev–Trinajstić information content (AvgIpc) is 2.99. The Hall–Kier alpha value is -1.45. The van der Waals surface area contributed by atoms with Gasteiger partial charge in [0.2, 0.25) is 15.9 Å². The molecule has 1 unspecified atom stereocenters. The molecule has 3 rings (SSSR count). The van der Waals surface area contributed by atoms with E-state index in [-0.39, 0.29) is 16.7 Å². The molecule has 0 saturated carbocycles. The third-order valence-electron chi connectivity index (χ3n) is 4.15. The Morgan fingerprint density at radius 1 is 1.31 bits per heavy atom. The van der Waals surface area contributed by atoms with Gasteiger partial charge in [-0.2, -0.15) is 4.31 Å². The van der Waals surface area contributed by atoms with Crippen molar-refractivity contribution in [2.75, 3.05) is 31.4 Å². The Balaban J connectivity index is 1.82. The van der Waals surface area contributed by atoms with Gasteiger partial charge in [-0.05, 0) is 18.1 Å². The molecule has 1 fully saturated rings. The van der Waals surface area contributed by atoms with Gasteiger partial charge in [-0.25, -0.2) is 8.42 Å². The first-order valence-electron chi connectivity index (χ1n) is 8.66. The number of nitrogens with zero attached hydrogens (tertiary/aromatic N) is 1. The molecule has 9 heteroatoms. The van der Waals surface area contributed by atoms with Crippen LogP contribution in [0.5, 0.6) is 11.5 Å². The molecular weight excluding hydrogens is 376 g/mol. The summed E-state index contributed by atoms with van der Waals surface area (Å²) in [5.74, 6) is 1.74. The van der Waals surface area contributed by atoms with Crippen molar-refractivity contribution >= 4 is 27.7 Å². The van der Waals surface area contributed by atoms with E-state index in [1.54, 1.807) is 6.07 Å². The average molecular weight is 401 g/mol. The van der Waals surface area contributed by atoms with E-state index >= 15 is 0 Å². The van der Waals surface area contributed by atoms with E-state index in [4.69, 9.17) is 9.47 Å². The molecule has 0 bridgehead atoms. The molecule has 1 atom stereocenters. The minimum atomic E-state index is -3.80. The number of sulfonamides is 1. The predicted octanol–water partition coefficient (Wildman–Crippen LogP) is 1.68. The molecule has 0 aliphatic carbocycles. The van der Waals surface area contributed by atoms with Crippen molar-refractivity contribution in [3.8, 4) is 11.5 Å². The van der Waals surface area contributed by atoms with Crippen LogP contribution >= 0.6 is 11.8 Å². The number of benzene rings is 1. The monoisotopic (exact) mass is 400 g/mol. The maximum atomic E-state index is 13.1. The van der Waals surface area contributed by atoms with Crippen molar-refractivity contribution in [1.29, 1.82) is 0 Å². The van der Waals surface area contributed by atoms with Gasteiger partial charge in [0.05, 0.1) is 24.0 Å². The molecule has 1 amide bonds. The molecule has 1 aromatic carbocycles. The van der Waals surface area contributed by atoms with Gasteiger partial charge in [0.25, 0.3) is 0 Å². The van der Waals surface area contributed by atoms with Gasteiger partial charge in [-0.15, -0.1) is 11.8 Å². The van der Waals surface area contributed by atoms with E-state index in [1.165, 1.54) is 28.2 Å². The normalized spacial score (nSPS) is 20.8. The zero-order chi connectivity index (χ0) is 18.7. The lowest BCUT2D eigenvalue weighted by molar-refractivity contribution is -0.123. The van der Waals surface area contributed by atoms with Crippen LogP contribution in [-0.4, -0.2) is 56.1 Å². The standard InChI is InChI=1S/C17H24N2O5S2/c1-12(2)9-18-17(20)14-10-25-11-19(14)26(21,22)13-4-5-15-16(8-13)24-7-3-6-23-15/h4-5,8,12,14H,3,6-7,9-11H2,1-2H3,(H,18,20). The van der Waals surface area contributed by atoms with Crippen molar-refractivity contribution in [1.82, 2.24) is 9.62 Å². The van der Waals surface area contributed by atoms with Gasteiger partial charge < -0.3 is 14.8 Å². The number of thioether (sulfide) groups is 1. The van der Waals surface area contributed by atoms with Crippen LogP contribution in [0.25, 0.3) is 0 Å². The second kappa shape index (κ2) is 8.06. The number of carbonyl (C=O) groups is 1. The third-order valence-corrected chi connectivity index (χ3v) is 7.18. The first-order valence-corrected chi connectivity index (χ1v) is 11.3. The van der Waals surface area contributed by atoms with E-state index < -0.39 is 16.1 Å². The SMILES string of the molecule is CC(C)CNC(=O)C1CSCN1S(=O)(=O)c1ccc2c(c1)OCCCO2. The van der Waals surface area contributed by atoms with E-state index in [2.05, 4.69) is 5.32 Å². The van der Waals surface area contributed by atoms with Crippen LogP contribution in [0, 0.1) is 5.92 Å². The van der Waals surface area contributed by atoms with Crippen molar-refractivity contribution in [2.45, 2.75) is 31.2 Å². The van der Waals surface area contributed by atoms with Crippen molar-refractivity contribution in [2.24, 2.45) is 5.92 Å². The van der Waals surface area contributed by atoms with Crippen LogP contribution in [-0.2, 0) is 14.8 Å². The van der Waals surface area contributed by atoms with E-state index in [1.807, 2.05) is 13.8 Å². The molecule has 2 heterocycles. The summed E-state index contributed by atoms with van der Waals surface area (Å²) < 4.78 is 38.6. The number of hydrogen-bond acceptors (Lipinski definition) is 6. The molecule has 26 heavy (non-hydrogen) atoms. The minimum absolute atomic E-state index is 0.117. The number of hydrogen-bond donors (Lipinski definition) is 1. The molecule has 0 spiro atoms. The summed E-state index contributed by atoms with van der Waals surface area (Å²) in [6.45, 7) is 5.54. The molecule has 144 valence electrons. The topological polar surface area (TPSA) is 84.9 Å². The van der Waals surface area contributed by atoms with E-state index in [0.717, 1.165) is 6.42 Å². The molecule has 7 nitrogen and oxygen atoms in total. The van der Waals surface area contributed by atoms with Crippen LogP contribution in [0.1, 0.15) is 20.3 Å². The van der Waals surface area contributed by atoms with Gasteiger partial charge in [0.1, 0.15) is 6.04 Å². The summed E-state index contributed by atoms with van der Waals surface area (Å²) in [6.07, 6.45) is 0.748. The smallest absolute Gasteiger partial charge is 0.244 e. The number of fused-ring (bicyclic) bond motifs is 1. The highest BCUT2D eigenvalue weighted by atomic mass is 32.2. The Labute approximate surface area is 158 Å². The fourth-order valence-electron chi connectivity index (χ4n) is 2.73. The summed E-state index contributed by atoms with van der Waals surface area (Å²) in [5.41, 5.74) is 0. The number of rotatable bonds is 5. The Kier molecular flexibility index (Phi) is 5.99. The van der Waals surface area contributed by atoms with Crippen LogP contribution in [0.4, 0.5) is 0 Å². The van der Waals surface area contributed by atoms with E-state index in [0.29, 0.717) is 42.9 Å². The zero-order valence-electron chi connectivity index (χ0n) is 14.9. The van der Waals surface area contributed by atoms with Gasteiger partial charge in [0, 0.05) is 24.8 Å². The number of carbonyl (C=O) groups excluding carboxylic acids is 1. The lowest BCUT2D eigenvalue weighted by Crippen LogP contribution is -2.47. The molecule has 2 aliphatic rings. The second-order valence-corrected chi connectivity index (χ2v) is 9.60. The first-order chi connectivity index (χ1) is 12.4. The molecule has 1 saturated heterocycles. The Morgan fingerprint density at radius 3 is 2.77 bits per heavy atom. The lowest BCUT2D eigenvalue weighted by Gasteiger charge is -2.23. The van der Waals surface area contributed by atoms with Crippen molar-refractivity contribution in [3.05, 3.63) is 18.2 Å². The van der Waals surface area contributed by atoms with E-state index in [9.17, 15) is 13.2 Å². The van der Waals surface area contributed by atoms with Gasteiger partial charge >= 0.3 is 0 Å². The highest BCUT2D eigenvalue weighted by molar-refractivity contribution is 8.00. The fraction of sp³-hybridized carbons (Fsp3) is 0.588. The summed E-state index contributed by atoms with van der Waals surface area (Å²) in [4.78, 5) is 12.6. The summed E-state index contributed by atoms with van der Waals surface area (Å²) in [7, 11) is -3.80. The first kappa shape index (κ1) is 19.3. The lowest BCUT2D eigenvalue weighted by atomic mass is 10.2. The predicted molar refractivity (Wildman–Crippen MR) is 100 cm³/mol. The minimum Gasteiger partial charge on any atom is -0.490 e. The number of nitrogens with one attached hydrogen (secondary N) is 1. The third kappa shape index (κ3) is 4.10. The van der Waals surface area contributed by atoms with Crippen molar-refractivity contribution < 1.29 is 22.7 Å². The van der Waals surface area contributed by atoms with Gasteiger partial charge in [-0.1, -0.05) is 13.8 Å². The highest BCUT2D eigenvalue weighted by Gasteiger charge is 2.40. The van der Waals surface area contributed by atoms with Crippen LogP contribution < -0.4 is 14.8 Å². The van der Waals surface area contributed by atoms with Crippen molar-refractivity contribution in [3.63, 3.8) is 0 Å². The zero-order valence-corrected chi connectivity index (χ0v) is 16.6. The molecule has 1 N–H and O–H groups in total. The molecule has 2 aliphatic heterocycles. The summed E-state index contributed by atoms with van der Waals surface area (Å²) in [5, 5.41) is 2.83. The quantitative estimate of drug-likeness (QED) is 0.810. The number of ether oxygens (including phenoxy) is 2. The van der Waals surface area contributed by atoms with Gasteiger partial charge in [-0.3, -0.25) is 4.79 Å². The van der Waals surface area contributed by atoms with Gasteiger partial charge in [0.15, 0.2) is 11.5 Å². The molecule has 1 aromatic rings. The molecule has 0 radical (unpaired) electrons. The van der Waals surface area contributed by atoms with Crippen LogP contribution in [0.2, 0.25) is 0 Å². The second-order valence-electron chi connectivity index (χ2n) is 6.71. The fourth-order valence-corrected chi connectivity index (χ4v) is 5.90. The maximum Gasteiger partial charge on any atom is 0.244 e. The summed E-state index contributed by atoms with van der Waals surface area (Å²) >= 11 is 1.44. The Morgan fingerprint density at radius 2 is 2.04 bits per heavy atom. The molecular formula is C17H24N2O5S2. The largest absolute Gasteiger partial charge is 0.490 e. The van der Waals surface area contributed by atoms with Crippen LogP contribution in [0.3, 0.4) is 0 Å². The highest BCUT2D eigenvalue weighted by Crippen LogP contribution is 2.35. The maximum absolute atomic E-state index is 13.1. The summed E-state index contributed by atoms with van der Waals surface area (Å²) in [6, 6.07) is 3.92.